The highest BCUT2D eigenvalue weighted by Crippen LogP contribution is 2.25. The largest absolute Gasteiger partial charge is 0.334 e. The second-order valence-corrected chi connectivity index (χ2v) is 5.08. The predicted molar refractivity (Wildman–Crippen MR) is 67.1 cm³/mol. The Balaban J connectivity index is 2.13. The minimum absolute atomic E-state index is 0.245. The van der Waals surface area contributed by atoms with Crippen LogP contribution in [0.4, 0.5) is 10.1 Å². The van der Waals surface area contributed by atoms with Gasteiger partial charge in [-0.1, -0.05) is 11.8 Å². The Bertz CT molecular complexity index is 395. The molecule has 1 N–H and O–H groups in total. The molecular weight excluding hydrogens is 279 g/mol. The number of hydrogen-bond acceptors (Lipinski definition) is 3. The fourth-order valence-electron chi connectivity index (χ4n) is 1.24. The molecule has 1 aromatic carbocycles. The van der Waals surface area contributed by atoms with Crippen LogP contribution in [0.5, 0.6) is 0 Å². The van der Waals surface area contributed by atoms with Crippen molar-refractivity contribution in [2.75, 3.05) is 17.6 Å². The Labute approximate surface area is 100 Å². The highest BCUT2D eigenvalue weighted by atomic mass is 79.9. The van der Waals surface area contributed by atoms with Gasteiger partial charge < -0.3 is 5.32 Å². The van der Waals surface area contributed by atoms with E-state index in [4.69, 9.17) is 0 Å². The number of benzene rings is 1. The zero-order valence-electron chi connectivity index (χ0n) is 7.96. The molecule has 0 spiro atoms. The third-order valence-corrected chi connectivity index (χ3v) is 3.62. The van der Waals surface area contributed by atoms with Gasteiger partial charge in [0.2, 0.25) is 0 Å². The number of thioether (sulfide) groups is 1. The van der Waals surface area contributed by atoms with E-state index in [1.807, 2.05) is 0 Å². The number of amidine groups is 1. The molecule has 2 rings (SSSR count). The van der Waals surface area contributed by atoms with Crippen LogP contribution in [-0.4, -0.2) is 17.5 Å². The molecule has 1 aliphatic heterocycles. The molecule has 1 aliphatic rings. The van der Waals surface area contributed by atoms with Gasteiger partial charge >= 0.3 is 0 Å². The molecule has 0 saturated heterocycles. The minimum atomic E-state index is -0.245. The van der Waals surface area contributed by atoms with Crippen LogP contribution in [-0.2, 0) is 0 Å². The normalized spacial score (nSPS) is 16.0. The molecule has 2 nitrogen and oxygen atoms in total. The van der Waals surface area contributed by atoms with Crippen molar-refractivity contribution in [3.05, 3.63) is 28.5 Å². The lowest BCUT2D eigenvalue weighted by Gasteiger charge is -2.14. The number of nitrogens with one attached hydrogen (secondary N) is 1. The van der Waals surface area contributed by atoms with E-state index in [2.05, 4.69) is 26.2 Å². The average Bonchev–Trinajstić information content (AvgIpc) is 2.24. The first-order valence-corrected chi connectivity index (χ1v) is 6.43. The number of hydrogen-bond donors (Lipinski definition) is 1. The van der Waals surface area contributed by atoms with Crippen LogP contribution in [0, 0.1) is 5.82 Å². The number of aliphatic imine (C=N–C) groups is 1. The average molecular weight is 289 g/mol. The molecule has 15 heavy (non-hydrogen) atoms. The maximum atomic E-state index is 12.8. The monoisotopic (exact) mass is 288 g/mol. The van der Waals surface area contributed by atoms with Gasteiger partial charge in [0.1, 0.15) is 5.82 Å². The summed E-state index contributed by atoms with van der Waals surface area (Å²) >= 11 is 5.00. The second kappa shape index (κ2) is 4.99. The van der Waals surface area contributed by atoms with Crippen molar-refractivity contribution in [1.29, 1.82) is 0 Å². The van der Waals surface area contributed by atoms with Gasteiger partial charge in [0.15, 0.2) is 5.17 Å². The third kappa shape index (κ3) is 2.95. The lowest BCUT2D eigenvalue weighted by molar-refractivity contribution is 0.627. The van der Waals surface area contributed by atoms with Crippen molar-refractivity contribution in [3.8, 4) is 0 Å². The highest BCUT2D eigenvalue weighted by molar-refractivity contribution is 9.10. The Morgan fingerprint density at radius 2 is 2.33 bits per heavy atom. The summed E-state index contributed by atoms with van der Waals surface area (Å²) in [7, 11) is 0. The van der Waals surface area contributed by atoms with Gasteiger partial charge in [0.25, 0.3) is 0 Å². The number of anilines is 1. The van der Waals surface area contributed by atoms with Crippen molar-refractivity contribution in [2.45, 2.75) is 6.42 Å². The van der Waals surface area contributed by atoms with Crippen molar-refractivity contribution in [3.63, 3.8) is 0 Å². The molecule has 0 aliphatic carbocycles. The van der Waals surface area contributed by atoms with Gasteiger partial charge in [0.05, 0.1) is 5.69 Å². The summed E-state index contributed by atoms with van der Waals surface area (Å²) in [6.07, 6.45) is 1.13. The summed E-state index contributed by atoms with van der Waals surface area (Å²) in [6, 6.07) is 4.58. The van der Waals surface area contributed by atoms with Gasteiger partial charge in [-0.25, -0.2) is 4.39 Å². The first-order chi connectivity index (χ1) is 7.25. The van der Waals surface area contributed by atoms with Gasteiger partial charge in [-0.15, -0.1) is 0 Å². The fraction of sp³-hybridized carbons (Fsp3) is 0.300. The molecule has 80 valence electrons. The van der Waals surface area contributed by atoms with Crippen LogP contribution in [0.2, 0.25) is 0 Å². The number of nitrogens with zero attached hydrogens (tertiary/aromatic N) is 1. The molecule has 0 fully saturated rings. The smallest absolute Gasteiger partial charge is 0.161 e. The molecule has 1 heterocycles. The first-order valence-electron chi connectivity index (χ1n) is 4.65. The van der Waals surface area contributed by atoms with E-state index < -0.39 is 0 Å². The Morgan fingerprint density at radius 3 is 3.00 bits per heavy atom. The van der Waals surface area contributed by atoms with E-state index in [0.717, 1.165) is 34.0 Å². The van der Waals surface area contributed by atoms with Crippen molar-refractivity contribution < 1.29 is 4.39 Å². The van der Waals surface area contributed by atoms with Crippen molar-refractivity contribution in [1.82, 2.24) is 0 Å². The van der Waals surface area contributed by atoms with E-state index in [1.165, 1.54) is 12.1 Å². The first kappa shape index (κ1) is 11.0. The summed E-state index contributed by atoms with van der Waals surface area (Å²) in [5, 5.41) is 4.09. The molecular formula is C10H10BrFN2S. The topological polar surface area (TPSA) is 24.4 Å². The second-order valence-electron chi connectivity index (χ2n) is 3.14. The maximum absolute atomic E-state index is 12.8. The van der Waals surface area contributed by atoms with Crippen LogP contribution in [0.3, 0.4) is 0 Å². The lowest BCUT2D eigenvalue weighted by atomic mass is 10.3. The van der Waals surface area contributed by atoms with Gasteiger partial charge in [0, 0.05) is 16.8 Å². The molecule has 0 atom stereocenters. The van der Waals surface area contributed by atoms with Crippen molar-refractivity contribution in [2.24, 2.45) is 4.99 Å². The van der Waals surface area contributed by atoms with Crippen molar-refractivity contribution >= 4 is 38.5 Å². The van der Waals surface area contributed by atoms with Crippen LogP contribution in [0.15, 0.2) is 27.7 Å². The summed E-state index contributed by atoms with van der Waals surface area (Å²) in [5.74, 6) is 0.843. The van der Waals surface area contributed by atoms with E-state index in [-0.39, 0.29) is 5.82 Å². The van der Waals surface area contributed by atoms with Gasteiger partial charge in [-0.05, 0) is 40.5 Å². The molecule has 0 amide bonds. The number of halogens is 2. The SMILES string of the molecule is Fc1ccc(NC2=NCCCS2)c(Br)c1. The molecule has 5 heteroatoms. The summed E-state index contributed by atoms with van der Waals surface area (Å²) in [6.45, 7) is 0.869. The van der Waals surface area contributed by atoms with Crippen LogP contribution >= 0.6 is 27.7 Å². The standard InChI is InChI=1S/C10H10BrFN2S/c11-8-6-7(12)2-3-9(8)14-10-13-4-1-5-15-10/h2-3,6H,1,4-5H2,(H,13,14). The molecule has 1 aromatic rings. The van der Waals surface area contributed by atoms with Gasteiger partial charge in [-0.3, -0.25) is 4.99 Å². The van der Waals surface area contributed by atoms with Crippen LogP contribution in [0.1, 0.15) is 6.42 Å². The molecule has 0 aromatic heterocycles. The molecule has 0 saturated carbocycles. The summed E-state index contributed by atoms with van der Waals surface area (Å²) in [5.41, 5.74) is 0.851. The number of rotatable bonds is 1. The fourth-order valence-corrected chi connectivity index (χ4v) is 2.52. The Kier molecular flexibility index (Phi) is 3.64. The Morgan fingerprint density at radius 1 is 1.47 bits per heavy atom. The Hall–Kier alpha value is -0.550. The van der Waals surface area contributed by atoms with Gasteiger partial charge in [-0.2, -0.15) is 0 Å². The maximum Gasteiger partial charge on any atom is 0.161 e. The quantitative estimate of drug-likeness (QED) is 0.855. The third-order valence-electron chi connectivity index (χ3n) is 1.97. The predicted octanol–water partition coefficient (Wildman–Crippen LogP) is 3.49. The van der Waals surface area contributed by atoms with E-state index in [9.17, 15) is 4.39 Å². The minimum Gasteiger partial charge on any atom is -0.334 e. The van der Waals surface area contributed by atoms with Crippen LogP contribution < -0.4 is 5.32 Å². The molecule has 0 bridgehead atoms. The zero-order valence-corrected chi connectivity index (χ0v) is 10.4. The molecule has 0 radical (unpaired) electrons. The summed E-state index contributed by atoms with van der Waals surface area (Å²) < 4.78 is 13.6. The van der Waals surface area contributed by atoms with E-state index in [0.29, 0.717) is 0 Å². The van der Waals surface area contributed by atoms with Crippen LogP contribution in [0.25, 0.3) is 0 Å². The molecule has 0 unspecified atom stereocenters. The lowest BCUT2D eigenvalue weighted by Crippen LogP contribution is -2.13. The zero-order chi connectivity index (χ0) is 10.7. The van der Waals surface area contributed by atoms with E-state index in [1.54, 1.807) is 17.8 Å². The summed E-state index contributed by atoms with van der Waals surface area (Å²) in [4.78, 5) is 4.34. The van der Waals surface area contributed by atoms with E-state index >= 15 is 0 Å². The highest BCUT2D eigenvalue weighted by Gasteiger charge is 2.08.